The Morgan fingerprint density at radius 2 is 1.85 bits per heavy atom. The van der Waals surface area contributed by atoms with Crippen LogP contribution in [0.4, 0.5) is 0 Å². The lowest BCUT2D eigenvalue weighted by atomic mass is 10.1. The Bertz CT molecular complexity index is 1590. The van der Waals surface area contributed by atoms with Crippen LogP contribution in [0.2, 0.25) is 0 Å². The smallest absolute Gasteiger partial charge is 0.307 e. The minimum absolute atomic E-state index is 0.0244. The van der Waals surface area contributed by atoms with E-state index in [0.29, 0.717) is 47.3 Å². The predicted octanol–water partition coefficient (Wildman–Crippen LogP) is 2.48. The molecule has 0 unspecified atom stereocenters. The van der Waals surface area contributed by atoms with E-state index in [1.165, 1.54) is 33.5 Å². The van der Waals surface area contributed by atoms with Crippen LogP contribution < -0.4 is 15.4 Å². The Kier molecular flexibility index (Phi) is 8.47. The van der Waals surface area contributed by atoms with Gasteiger partial charge in [0.25, 0.3) is 11.8 Å². The van der Waals surface area contributed by atoms with Crippen LogP contribution in [-0.2, 0) is 21.5 Å². The van der Waals surface area contributed by atoms with E-state index in [4.69, 9.17) is 4.74 Å². The van der Waals surface area contributed by atoms with Gasteiger partial charge < -0.3 is 19.9 Å². The van der Waals surface area contributed by atoms with Crippen LogP contribution in [0, 0.1) is 0 Å². The zero-order chi connectivity index (χ0) is 28.0. The molecule has 2 heterocycles. The number of carbonyl (C=O) groups excluding carboxylic acids is 2. The number of para-hydroxylation sites is 1. The second kappa shape index (κ2) is 12.0. The topological polar surface area (TPSA) is 128 Å². The van der Waals surface area contributed by atoms with Crippen molar-refractivity contribution in [1.29, 1.82) is 0 Å². The maximum atomic E-state index is 13.3. The number of aromatic nitrogens is 3. The molecule has 2 aromatic carbocycles. The Labute approximate surface area is 226 Å². The summed E-state index contributed by atoms with van der Waals surface area (Å²) in [6.45, 7) is 1.01. The quantitative estimate of drug-likeness (QED) is 0.218. The average Bonchev–Trinajstić information content (AvgIpc) is 3.59. The van der Waals surface area contributed by atoms with Crippen molar-refractivity contribution < 1.29 is 22.7 Å². The highest BCUT2D eigenvalue weighted by Gasteiger charge is 2.22. The van der Waals surface area contributed by atoms with E-state index < -0.39 is 22.0 Å². The zero-order valence-corrected chi connectivity index (χ0v) is 22.7. The molecular weight excluding hydrogens is 520 g/mol. The summed E-state index contributed by atoms with van der Waals surface area (Å²) in [5.74, 6) is -0.412. The van der Waals surface area contributed by atoms with Crippen LogP contribution >= 0.6 is 0 Å². The molecule has 0 atom stereocenters. The highest BCUT2D eigenvalue weighted by atomic mass is 32.2. The second-order valence-corrected chi connectivity index (χ2v) is 10.9. The number of nitrogens with one attached hydrogen (secondary N) is 2. The molecule has 4 rings (SSSR count). The number of hydrogen-bond donors (Lipinski definition) is 2. The Balaban J connectivity index is 1.66. The number of carbonyl (C=O) groups is 2. The van der Waals surface area contributed by atoms with Crippen LogP contribution in [-0.4, -0.2) is 65.8 Å². The van der Waals surface area contributed by atoms with Crippen molar-refractivity contribution in [2.45, 2.75) is 13.0 Å². The Hall–Kier alpha value is -4.42. The molecule has 12 heteroatoms. The monoisotopic (exact) mass is 550 g/mol. The highest BCUT2D eigenvalue weighted by Crippen LogP contribution is 2.25. The SMILES string of the molecule is COc1ccc(C(=O)N/C(=C\c2cn(S(=O)(=O)N(C)C)c3ccccc23)C(=O)NCCCn2ccnc2)cc1. The maximum absolute atomic E-state index is 13.3. The molecule has 204 valence electrons. The van der Waals surface area contributed by atoms with Gasteiger partial charge in [0.1, 0.15) is 11.4 Å². The number of amides is 2. The number of benzene rings is 2. The van der Waals surface area contributed by atoms with Crippen LogP contribution in [0.1, 0.15) is 22.3 Å². The molecule has 0 aliphatic heterocycles. The van der Waals surface area contributed by atoms with Gasteiger partial charge in [0, 0.05) is 62.3 Å². The summed E-state index contributed by atoms with van der Waals surface area (Å²) >= 11 is 0. The van der Waals surface area contributed by atoms with Gasteiger partial charge >= 0.3 is 10.2 Å². The number of rotatable bonds is 11. The van der Waals surface area contributed by atoms with Gasteiger partial charge in [-0.3, -0.25) is 9.59 Å². The summed E-state index contributed by atoms with van der Waals surface area (Å²) in [5.41, 5.74) is 1.20. The molecular formula is C27H30N6O5S. The molecule has 0 saturated carbocycles. The van der Waals surface area contributed by atoms with Gasteiger partial charge in [0.2, 0.25) is 0 Å². The van der Waals surface area contributed by atoms with Crippen molar-refractivity contribution in [3.63, 3.8) is 0 Å². The number of aryl methyl sites for hydroxylation is 1. The number of fused-ring (bicyclic) bond motifs is 1. The van der Waals surface area contributed by atoms with Crippen LogP contribution in [0.15, 0.2) is 79.1 Å². The normalized spacial score (nSPS) is 12.1. The van der Waals surface area contributed by atoms with E-state index in [-0.39, 0.29) is 5.70 Å². The first-order valence-electron chi connectivity index (χ1n) is 12.1. The molecule has 0 aliphatic rings. The van der Waals surface area contributed by atoms with Gasteiger partial charge in [0.05, 0.1) is 19.0 Å². The third-order valence-corrected chi connectivity index (χ3v) is 7.72. The maximum Gasteiger partial charge on any atom is 0.307 e. The fourth-order valence-electron chi connectivity index (χ4n) is 3.89. The molecule has 0 fully saturated rings. The standard InChI is InChI=1S/C27H30N6O5S/c1-31(2)39(36,37)33-18-21(23-7-4-5-8-25(23)33)17-24(27(35)29-13-6-15-32-16-14-28-19-32)30-26(34)20-9-11-22(38-3)12-10-20/h4-5,7-12,14,16-19H,6,13,15H2,1-3H3,(H,29,35)(H,30,34)/b24-17-. The molecule has 11 nitrogen and oxygen atoms in total. The predicted molar refractivity (Wildman–Crippen MR) is 148 cm³/mol. The van der Waals surface area contributed by atoms with Gasteiger partial charge in [-0.1, -0.05) is 18.2 Å². The molecule has 2 N–H and O–H groups in total. The fraction of sp³-hybridized carbons (Fsp3) is 0.222. The summed E-state index contributed by atoms with van der Waals surface area (Å²) in [6.07, 6.45) is 8.77. The first-order chi connectivity index (χ1) is 18.7. The molecule has 0 radical (unpaired) electrons. The third kappa shape index (κ3) is 6.36. The second-order valence-electron chi connectivity index (χ2n) is 8.84. The largest absolute Gasteiger partial charge is 0.497 e. The molecule has 4 aromatic rings. The van der Waals surface area contributed by atoms with E-state index in [9.17, 15) is 18.0 Å². The van der Waals surface area contributed by atoms with Crippen molar-refractivity contribution in [1.82, 2.24) is 28.5 Å². The van der Waals surface area contributed by atoms with E-state index in [2.05, 4.69) is 15.6 Å². The van der Waals surface area contributed by atoms with Gasteiger partial charge in [0.15, 0.2) is 0 Å². The van der Waals surface area contributed by atoms with Crippen LogP contribution in [0.3, 0.4) is 0 Å². The van der Waals surface area contributed by atoms with Crippen LogP contribution in [0.25, 0.3) is 17.0 Å². The van der Waals surface area contributed by atoms with Crippen molar-refractivity contribution in [3.05, 3.63) is 90.3 Å². The number of nitrogens with zero attached hydrogens (tertiary/aromatic N) is 4. The van der Waals surface area contributed by atoms with Gasteiger partial charge in [-0.25, -0.2) is 8.96 Å². The minimum Gasteiger partial charge on any atom is -0.497 e. The van der Waals surface area contributed by atoms with Gasteiger partial charge in [-0.2, -0.15) is 12.7 Å². The highest BCUT2D eigenvalue weighted by molar-refractivity contribution is 7.87. The van der Waals surface area contributed by atoms with Crippen molar-refractivity contribution in [2.75, 3.05) is 27.7 Å². The summed E-state index contributed by atoms with van der Waals surface area (Å²) in [4.78, 5) is 30.3. The molecule has 0 bridgehead atoms. The van der Waals surface area contributed by atoms with E-state index in [1.807, 2.05) is 10.8 Å². The lowest BCUT2D eigenvalue weighted by Crippen LogP contribution is -2.35. The Morgan fingerprint density at radius 1 is 1.10 bits per heavy atom. The van der Waals surface area contributed by atoms with Crippen LogP contribution in [0.5, 0.6) is 5.75 Å². The lowest BCUT2D eigenvalue weighted by Gasteiger charge is -2.13. The molecule has 0 aliphatic carbocycles. The molecule has 0 spiro atoms. The number of ether oxygens (including phenoxy) is 1. The Morgan fingerprint density at radius 3 is 2.51 bits per heavy atom. The third-order valence-electron chi connectivity index (χ3n) is 6.00. The van der Waals surface area contributed by atoms with Crippen molar-refractivity contribution in [3.8, 4) is 5.75 Å². The summed E-state index contributed by atoms with van der Waals surface area (Å²) in [5, 5.41) is 6.13. The molecule has 0 saturated heterocycles. The number of imidazole rings is 1. The summed E-state index contributed by atoms with van der Waals surface area (Å²) in [7, 11) is 0.575. The average molecular weight is 551 g/mol. The molecule has 2 amide bonds. The van der Waals surface area contributed by atoms with E-state index in [1.54, 1.807) is 61.1 Å². The van der Waals surface area contributed by atoms with Crippen molar-refractivity contribution in [2.24, 2.45) is 0 Å². The zero-order valence-electron chi connectivity index (χ0n) is 21.9. The summed E-state index contributed by atoms with van der Waals surface area (Å²) in [6, 6.07) is 13.4. The van der Waals surface area contributed by atoms with E-state index in [0.717, 1.165) is 8.28 Å². The minimum atomic E-state index is -3.84. The first-order valence-corrected chi connectivity index (χ1v) is 13.5. The first kappa shape index (κ1) is 27.6. The molecule has 2 aromatic heterocycles. The number of methoxy groups -OCH3 is 1. The van der Waals surface area contributed by atoms with Crippen molar-refractivity contribution >= 4 is 39.0 Å². The molecule has 39 heavy (non-hydrogen) atoms. The number of hydrogen-bond acceptors (Lipinski definition) is 6. The summed E-state index contributed by atoms with van der Waals surface area (Å²) < 4.78 is 35.2. The van der Waals surface area contributed by atoms with Gasteiger partial charge in [-0.05, 0) is 42.8 Å². The van der Waals surface area contributed by atoms with Gasteiger partial charge in [-0.15, -0.1) is 0 Å². The van der Waals surface area contributed by atoms with E-state index >= 15 is 0 Å². The fourth-order valence-corrected chi connectivity index (χ4v) is 4.89. The lowest BCUT2D eigenvalue weighted by molar-refractivity contribution is -0.117.